The largest absolute Gasteiger partial charge is 0.241 e. The van der Waals surface area contributed by atoms with E-state index in [1.54, 1.807) is 24.3 Å². The van der Waals surface area contributed by atoms with Crippen molar-refractivity contribution in [2.24, 2.45) is 0 Å². The molecule has 0 heterocycles. The van der Waals surface area contributed by atoms with Crippen molar-refractivity contribution in [2.45, 2.75) is 30.1 Å². The van der Waals surface area contributed by atoms with Crippen LogP contribution in [0.25, 0.3) is 0 Å². The number of hydrogen-bond acceptors (Lipinski definition) is 2. The lowest BCUT2D eigenvalue weighted by Gasteiger charge is -2.15. The fourth-order valence-electron chi connectivity index (χ4n) is 1.98. The highest BCUT2D eigenvalue weighted by Gasteiger charge is 2.18. The van der Waals surface area contributed by atoms with Crippen molar-refractivity contribution in [3.8, 4) is 0 Å². The van der Waals surface area contributed by atoms with Gasteiger partial charge in [-0.15, -0.1) is 0 Å². The van der Waals surface area contributed by atoms with Gasteiger partial charge in [0.1, 0.15) is 0 Å². The quantitative estimate of drug-likeness (QED) is 0.813. The minimum absolute atomic E-state index is 0.272. The summed E-state index contributed by atoms with van der Waals surface area (Å²) in [5, 5.41) is 0.709. The molecule has 0 saturated carbocycles. The number of nitrogens with one attached hydrogen (secondary N) is 1. The van der Waals surface area contributed by atoms with Crippen molar-refractivity contribution >= 4 is 26.0 Å². The third-order valence-corrected chi connectivity index (χ3v) is 5.50. The molecule has 2 aromatic rings. The monoisotopic (exact) mass is 367 g/mol. The highest BCUT2D eigenvalue weighted by Crippen LogP contribution is 2.18. The molecule has 0 aliphatic carbocycles. The molecule has 21 heavy (non-hydrogen) atoms. The van der Waals surface area contributed by atoms with Crippen LogP contribution in [0.1, 0.15) is 29.7 Å². The highest BCUT2D eigenvalue weighted by atomic mass is 79.9. The molecule has 0 saturated heterocycles. The topological polar surface area (TPSA) is 46.2 Å². The van der Waals surface area contributed by atoms with E-state index in [0.29, 0.717) is 5.33 Å². The van der Waals surface area contributed by atoms with Crippen LogP contribution in [-0.2, 0) is 15.4 Å². The minimum Gasteiger partial charge on any atom is -0.207 e. The maximum atomic E-state index is 12.4. The number of benzene rings is 2. The summed E-state index contributed by atoms with van der Waals surface area (Å²) in [4.78, 5) is 0.283. The molecular formula is C16H18BrNO2S. The molecule has 0 aromatic heterocycles. The van der Waals surface area contributed by atoms with Gasteiger partial charge in [0.2, 0.25) is 10.0 Å². The van der Waals surface area contributed by atoms with E-state index in [1.165, 1.54) is 0 Å². The van der Waals surface area contributed by atoms with Gasteiger partial charge in [0, 0.05) is 11.4 Å². The zero-order valence-electron chi connectivity index (χ0n) is 12.0. The second-order valence-electron chi connectivity index (χ2n) is 5.03. The van der Waals surface area contributed by atoms with Crippen LogP contribution >= 0.6 is 15.9 Å². The van der Waals surface area contributed by atoms with Crippen molar-refractivity contribution in [1.82, 2.24) is 4.72 Å². The molecule has 1 atom stereocenters. The Bertz CT molecular complexity index is 694. The maximum Gasteiger partial charge on any atom is 0.241 e. The molecule has 0 spiro atoms. The zero-order valence-corrected chi connectivity index (χ0v) is 14.4. The lowest BCUT2D eigenvalue weighted by Crippen LogP contribution is -2.26. The number of alkyl halides is 1. The van der Waals surface area contributed by atoms with Crippen LogP contribution in [0.3, 0.4) is 0 Å². The van der Waals surface area contributed by atoms with E-state index in [4.69, 9.17) is 0 Å². The second-order valence-corrected chi connectivity index (χ2v) is 7.31. The third kappa shape index (κ3) is 4.15. The van der Waals surface area contributed by atoms with Crippen LogP contribution in [0.4, 0.5) is 0 Å². The summed E-state index contributed by atoms with van der Waals surface area (Å²) in [6.45, 7) is 3.85. The molecule has 2 aromatic carbocycles. The summed E-state index contributed by atoms with van der Waals surface area (Å²) >= 11 is 3.34. The lowest BCUT2D eigenvalue weighted by atomic mass is 10.1. The second kappa shape index (κ2) is 6.73. The van der Waals surface area contributed by atoms with E-state index in [0.717, 1.165) is 16.7 Å². The van der Waals surface area contributed by atoms with Gasteiger partial charge in [-0.3, -0.25) is 0 Å². The third-order valence-electron chi connectivity index (χ3n) is 3.30. The van der Waals surface area contributed by atoms with Gasteiger partial charge in [0.25, 0.3) is 0 Å². The normalized spacial score (nSPS) is 13.1. The average Bonchev–Trinajstić information content (AvgIpc) is 2.47. The summed E-state index contributed by atoms with van der Waals surface area (Å²) in [7, 11) is -3.51. The molecular weight excluding hydrogens is 350 g/mol. The molecule has 0 amide bonds. The number of aryl methyl sites for hydroxylation is 1. The van der Waals surface area contributed by atoms with E-state index in [9.17, 15) is 8.42 Å². The lowest BCUT2D eigenvalue weighted by molar-refractivity contribution is 0.567. The van der Waals surface area contributed by atoms with E-state index >= 15 is 0 Å². The fraction of sp³-hybridized carbons (Fsp3) is 0.250. The van der Waals surface area contributed by atoms with Gasteiger partial charge in [0.15, 0.2) is 0 Å². The molecule has 0 bridgehead atoms. The van der Waals surface area contributed by atoms with E-state index < -0.39 is 10.0 Å². The van der Waals surface area contributed by atoms with Gasteiger partial charge in [-0.2, -0.15) is 0 Å². The minimum atomic E-state index is -3.51. The molecule has 3 nitrogen and oxygen atoms in total. The molecule has 0 aliphatic heterocycles. The van der Waals surface area contributed by atoms with Crippen molar-refractivity contribution in [1.29, 1.82) is 0 Å². The van der Waals surface area contributed by atoms with Gasteiger partial charge in [-0.05, 0) is 37.1 Å². The molecule has 0 unspecified atom stereocenters. The molecule has 5 heteroatoms. The van der Waals surface area contributed by atoms with E-state index in [1.807, 2.05) is 38.1 Å². The van der Waals surface area contributed by atoms with Crippen molar-refractivity contribution in [3.63, 3.8) is 0 Å². The fourth-order valence-corrected chi connectivity index (χ4v) is 3.59. The Balaban J connectivity index is 2.17. The first-order chi connectivity index (χ1) is 9.92. The highest BCUT2D eigenvalue weighted by molar-refractivity contribution is 9.08. The maximum absolute atomic E-state index is 12.4. The summed E-state index contributed by atoms with van der Waals surface area (Å²) < 4.78 is 27.4. The van der Waals surface area contributed by atoms with Crippen molar-refractivity contribution in [2.75, 3.05) is 0 Å². The van der Waals surface area contributed by atoms with Gasteiger partial charge < -0.3 is 0 Å². The van der Waals surface area contributed by atoms with Gasteiger partial charge in [-0.25, -0.2) is 13.1 Å². The summed E-state index contributed by atoms with van der Waals surface area (Å²) in [5.41, 5.74) is 3.14. The summed E-state index contributed by atoms with van der Waals surface area (Å²) in [5.74, 6) is 0. The van der Waals surface area contributed by atoms with Crippen LogP contribution in [0.15, 0.2) is 53.4 Å². The number of rotatable bonds is 5. The zero-order chi connectivity index (χ0) is 15.5. The van der Waals surface area contributed by atoms with E-state index in [-0.39, 0.29) is 10.9 Å². The van der Waals surface area contributed by atoms with Crippen LogP contribution < -0.4 is 4.72 Å². The predicted molar refractivity (Wildman–Crippen MR) is 89.0 cm³/mol. The Hall–Kier alpha value is -1.17. The molecule has 0 aliphatic rings. The Labute approximate surface area is 134 Å². The van der Waals surface area contributed by atoms with Gasteiger partial charge in [-0.1, -0.05) is 57.9 Å². The standard InChI is InChI=1S/C16H18BrNO2S/c1-12-3-7-15(8-4-12)13(2)18-21(19,20)16-9-5-14(11-17)6-10-16/h3-10,13,18H,11H2,1-2H3/t13-/m1/s1. The van der Waals surface area contributed by atoms with Crippen LogP contribution in [0.5, 0.6) is 0 Å². The van der Waals surface area contributed by atoms with Crippen LogP contribution in [0, 0.1) is 6.92 Å². The molecule has 0 radical (unpaired) electrons. The molecule has 1 N–H and O–H groups in total. The molecule has 0 fully saturated rings. The Morgan fingerprint density at radius 1 is 1.05 bits per heavy atom. The number of sulfonamides is 1. The summed E-state index contributed by atoms with van der Waals surface area (Å²) in [6.07, 6.45) is 0. The van der Waals surface area contributed by atoms with Gasteiger partial charge in [0.05, 0.1) is 4.90 Å². The Morgan fingerprint density at radius 2 is 1.62 bits per heavy atom. The number of halogens is 1. The Morgan fingerprint density at radius 3 is 2.14 bits per heavy atom. The molecule has 112 valence electrons. The molecule has 2 rings (SSSR count). The first kappa shape index (κ1) is 16.2. The van der Waals surface area contributed by atoms with Crippen LogP contribution in [0.2, 0.25) is 0 Å². The van der Waals surface area contributed by atoms with E-state index in [2.05, 4.69) is 20.7 Å². The van der Waals surface area contributed by atoms with Crippen LogP contribution in [-0.4, -0.2) is 8.42 Å². The average molecular weight is 368 g/mol. The first-order valence-corrected chi connectivity index (χ1v) is 9.26. The first-order valence-electron chi connectivity index (χ1n) is 6.66. The number of hydrogen-bond donors (Lipinski definition) is 1. The SMILES string of the molecule is Cc1ccc([C@@H](C)NS(=O)(=O)c2ccc(CBr)cc2)cc1. The summed E-state index contributed by atoms with van der Waals surface area (Å²) in [6, 6.07) is 14.4. The van der Waals surface area contributed by atoms with Crippen molar-refractivity contribution < 1.29 is 8.42 Å². The Kier molecular flexibility index (Phi) is 5.19. The smallest absolute Gasteiger partial charge is 0.207 e. The predicted octanol–water partition coefficient (Wildman–Crippen LogP) is 3.93. The van der Waals surface area contributed by atoms with Crippen molar-refractivity contribution in [3.05, 3.63) is 65.2 Å². The van der Waals surface area contributed by atoms with Gasteiger partial charge >= 0.3 is 0 Å².